The Kier molecular flexibility index (Phi) is 4.71. The summed E-state index contributed by atoms with van der Waals surface area (Å²) in [4.78, 5) is 15.0. The molecular weight excluding hydrogens is 256 g/mol. The van der Waals surface area contributed by atoms with Crippen LogP contribution in [0, 0.1) is 0 Å². The molecule has 0 fully saturated rings. The number of nitrogens with zero attached hydrogens (tertiary/aromatic N) is 1. The average Bonchev–Trinajstić information content (AvgIpc) is 2.92. The fourth-order valence-corrected chi connectivity index (χ4v) is 2.55. The largest absolute Gasteiger partial charge is 0.343 e. The fraction of sp³-hybridized carbons (Fsp3) is 0.267. The SMILES string of the molecule is CN(C)CC(NC(=O)c1cccs1)c1ccccc1. The Morgan fingerprint density at radius 3 is 2.53 bits per heavy atom. The Labute approximate surface area is 117 Å². The molecular formula is C15H18N2OS. The highest BCUT2D eigenvalue weighted by Gasteiger charge is 2.16. The summed E-state index contributed by atoms with van der Waals surface area (Å²) in [6.45, 7) is 0.779. The van der Waals surface area contributed by atoms with Gasteiger partial charge in [0.25, 0.3) is 5.91 Å². The highest BCUT2D eigenvalue weighted by Crippen LogP contribution is 2.16. The number of carbonyl (C=O) groups excluding carboxylic acids is 1. The van der Waals surface area contributed by atoms with Crippen molar-refractivity contribution in [3.05, 3.63) is 58.3 Å². The number of rotatable bonds is 5. The quantitative estimate of drug-likeness (QED) is 0.909. The van der Waals surface area contributed by atoms with Crippen LogP contribution in [-0.4, -0.2) is 31.4 Å². The first kappa shape index (κ1) is 13.8. The number of hydrogen-bond acceptors (Lipinski definition) is 3. The number of nitrogens with one attached hydrogen (secondary N) is 1. The van der Waals surface area contributed by atoms with Crippen LogP contribution in [0.5, 0.6) is 0 Å². The molecule has 0 spiro atoms. The first-order valence-electron chi connectivity index (χ1n) is 6.21. The molecule has 19 heavy (non-hydrogen) atoms. The zero-order valence-electron chi connectivity index (χ0n) is 11.2. The molecule has 100 valence electrons. The third-order valence-electron chi connectivity index (χ3n) is 2.80. The zero-order valence-corrected chi connectivity index (χ0v) is 12.0. The van der Waals surface area contributed by atoms with Gasteiger partial charge < -0.3 is 10.2 Å². The lowest BCUT2D eigenvalue weighted by Crippen LogP contribution is -2.34. The van der Waals surface area contributed by atoms with E-state index in [0.29, 0.717) is 0 Å². The maximum Gasteiger partial charge on any atom is 0.261 e. The molecule has 0 radical (unpaired) electrons. The minimum Gasteiger partial charge on any atom is -0.343 e. The van der Waals surface area contributed by atoms with Gasteiger partial charge in [-0.2, -0.15) is 0 Å². The van der Waals surface area contributed by atoms with Gasteiger partial charge in [0.1, 0.15) is 0 Å². The van der Waals surface area contributed by atoms with Crippen molar-refractivity contribution in [1.82, 2.24) is 10.2 Å². The second kappa shape index (κ2) is 6.50. The number of thiophene rings is 1. The van der Waals surface area contributed by atoms with E-state index in [1.54, 1.807) is 0 Å². The predicted molar refractivity (Wildman–Crippen MR) is 79.5 cm³/mol. The molecule has 1 amide bonds. The molecule has 1 atom stereocenters. The van der Waals surface area contributed by atoms with E-state index in [-0.39, 0.29) is 11.9 Å². The Morgan fingerprint density at radius 2 is 1.95 bits per heavy atom. The number of benzene rings is 1. The standard InChI is InChI=1S/C15H18N2OS/c1-17(2)11-13(12-7-4-3-5-8-12)16-15(18)14-9-6-10-19-14/h3-10,13H,11H2,1-2H3,(H,16,18). The van der Waals surface area contributed by atoms with Crippen molar-refractivity contribution in [2.45, 2.75) is 6.04 Å². The normalized spacial score (nSPS) is 12.4. The summed E-state index contributed by atoms with van der Waals surface area (Å²) in [6.07, 6.45) is 0. The van der Waals surface area contributed by atoms with E-state index in [1.165, 1.54) is 11.3 Å². The van der Waals surface area contributed by atoms with Crippen molar-refractivity contribution in [3.8, 4) is 0 Å². The number of amides is 1. The molecule has 0 aliphatic carbocycles. The van der Waals surface area contributed by atoms with Crippen LogP contribution in [0.25, 0.3) is 0 Å². The van der Waals surface area contributed by atoms with Crippen molar-refractivity contribution in [2.24, 2.45) is 0 Å². The second-order valence-electron chi connectivity index (χ2n) is 4.68. The highest BCUT2D eigenvalue weighted by molar-refractivity contribution is 7.12. The Morgan fingerprint density at radius 1 is 1.21 bits per heavy atom. The molecule has 3 nitrogen and oxygen atoms in total. The van der Waals surface area contributed by atoms with Crippen LogP contribution in [0.3, 0.4) is 0 Å². The van der Waals surface area contributed by atoms with Crippen molar-refractivity contribution in [1.29, 1.82) is 0 Å². The Hall–Kier alpha value is -1.65. The van der Waals surface area contributed by atoms with Gasteiger partial charge in [0, 0.05) is 6.54 Å². The minimum absolute atomic E-state index is 0.00537. The van der Waals surface area contributed by atoms with Crippen LogP contribution in [-0.2, 0) is 0 Å². The van der Waals surface area contributed by atoms with Crippen LogP contribution in [0.4, 0.5) is 0 Å². The molecule has 1 unspecified atom stereocenters. The molecule has 2 rings (SSSR count). The second-order valence-corrected chi connectivity index (χ2v) is 5.62. The van der Waals surface area contributed by atoms with Crippen molar-refractivity contribution >= 4 is 17.2 Å². The third kappa shape index (κ3) is 3.91. The van der Waals surface area contributed by atoms with Crippen molar-refractivity contribution in [2.75, 3.05) is 20.6 Å². The van der Waals surface area contributed by atoms with Gasteiger partial charge in [-0.1, -0.05) is 36.4 Å². The highest BCUT2D eigenvalue weighted by atomic mass is 32.1. The van der Waals surface area contributed by atoms with Gasteiger partial charge in [-0.05, 0) is 31.1 Å². The first-order chi connectivity index (χ1) is 9.16. The lowest BCUT2D eigenvalue weighted by Gasteiger charge is -2.22. The smallest absolute Gasteiger partial charge is 0.261 e. The van der Waals surface area contributed by atoms with E-state index in [0.717, 1.165) is 17.0 Å². The Bertz CT molecular complexity index is 508. The topological polar surface area (TPSA) is 32.3 Å². The summed E-state index contributed by atoms with van der Waals surface area (Å²) in [6, 6.07) is 13.8. The summed E-state index contributed by atoms with van der Waals surface area (Å²) < 4.78 is 0. The minimum atomic E-state index is -0.00861. The summed E-state index contributed by atoms with van der Waals surface area (Å²) in [5.41, 5.74) is 1.13. The lowest BCUT2D eigenvalue weighted by molar-refractivity contribution is 0.0934. The van der Waals surface area contributed by atoms with E-state index in [9.17, 15) is 4.79 Å². The molecule has 1 aromatic carbocycles. The summed E-state index contributed by atoms with van der Waals surface area (Å²) in [5, 5.41) is 5.01. The predicted octanol–water partition coefficient (Wildman–Crippen LogP) is 2.78. The van der Waals surface area contributed by atoms with Crippen molar-refractivity contribution < 1.29 is 4.79 Å². The van der Waals surface area contributed by atoms with Gasteiger partial charge in [0.05, 0.1) is 10.9 Å². The molecule has 0 aliphatic heterocycles. The fourth-order valence-electron chi connectivity index (χ4n) is 1.92. The summed E-state index contributed by atoms with van der Waals surface area (Å²) in [7, 11) is 4.01. The molecule has 1 N–H and O–H groups in total. The van der Waals surface area contributed by atoms with Gasteiger partial charge in [0.2, 0.25) is 0 Å². The molecule has 4 heteroatoms. The number of hydrogen-bond donors (Lipinski definition) is 1. The molecule has 0 saturated heterocycles. The van der Waals surface area contributed by atoms with Crippen molar-refractivity contribution in [3.63, 3.8) is 0 Å². The molecule has 0 saturated carbocycles. The van der Waals surface area contributed by atoms with E-state index in [4.69, 9.17) is 0 Å². The maximum absolute atomic E-state index is 12.2. The van der Waals surface area contributed by atoms with Gasteiger partial charge >= 0.3 is 0 Å². The number of carbonyl (C=O) groups is 1. The number of likely N-dealkylation sites (N-methyl/N-ethyl adjacent to an activating group) is 1. The zero-order chi connectivity index (χ0) is 13.7. The molecule has 0 aliphatic rings. The van der Waals surface area contributed by atoms with E-state index < -0.39 is 0 Å². The van der Waals surface area contributed by atoms with Crippen LogP contribution in [0.15, 0.2) is 47.8 Å². The van der Waals surface area contributed by atoms with Gasteiger partial charge in [-0.15, -0.1) is 11.3 Å². The lowest BCUT2D eigenvalue weighted by atomic mass is 10.1. The third-order valence-corrected chi connectivity index (χ3v) is 3.67. The monoisotopic (exact) mass is 274 g/mol. The van der Waals surface area contributed by atoms with Crippen LogP contribution in [0.2, 0.25) is 0 Å². The van der Waals surface area contributed by atoms with Crippen LogP contribution < -0.4 is 5.32 Å². The van der Waals surface area contributed by atoms with Gasteiger partial charge in [-0.3, -0.25) is 4.79 Å². The molecule has 0 bridgehead atoms. The molecule has 1 aromatic heterocycles. The van der Waals surface area contributed by atoms with E-state index >= 15 is 0 Å². The van der Waals surface area contributed by atoms with E-state index in [1.807, 2.05) is 61.9 Å². The summed E-state index contributed by atoms with van der Waals surface area (Å²) >= 11 is 1.46. The Balaban J connectivity index is 2.13. The average molecular weight is 274 g/mol. The molecule has 1 heterocycles. The maximum atomic E-state index is 12.2. The van der Waals surface area contributed by atoms with Crippen LogP contribution >= 0.6 is 11.3 Å². The molecule has 2 aromatic rings. The van der Waals surface area contributed by atoms with Crippen LogP contribution in [0.1, 0.15) is 21.3 Å². The van der Waals surface area contributed by atoms with Gasteiger partial charge in [-0.25, -0.2) is 0 Å². The van der Waals surface area contributed by atoms with Gasteiger partial charge in [0.15, 0.2) is 0 Å². The summed E-state index contributed by atoms with van der Waals surface area (Å²) in [5.74, 6) is -0.00861. The van der Waals surface area contributed by atoms with E-state index in [2.05, 4.69) is 10.2 Å². The first-order valence-corrected chi connectivity index (χ1v) is 7.09.